The van der Waals surface area contributed by atoms with E-state index in [-0.39, 0.29) is 17.9 Å². The van der Waals surface area contributed by atoms with E-state index in [1.807, 2.05) is 26.1 Å². The average Bonchev–Trinajstić information content (AvgIpc) is 2.76. The Kier molecular flexibility index (Phi) is 8.50. The fourth-order valence-corrected chi connectivity index (χ4v) is 3.98. The van der Waals surface area contributed by atoms with E-state index in [4.69, 9.17) is 4.74 Å². The van der Waals surface area contributed by atoms with Gasteiger partial charge in [-0.25, -0.2) is 0 Å². The molecule has 1 saturated heterocycles. The van der Waals surface area contributed by atoms with Crippen LogP contribution in [-0.2, 0) is 11.2 Å². The van der Waals surface area contributed by atoms with Crippen molar-refractivity contribution in [2.45, 2.75) is 65.4 Å². The smallest absolute Gasteiger partial charge is 0.222 e. The summed E-state index contributed by atoms with van der Waals surface area (Å²) in [7, 11) is 0. The summed E-state index contributed by atoms with van der Waals surface area (Å²) in [5.41, 5.74) is 2.31. The zero-order valence-electron chi connectivity index (χ0n) is 18.8. The molecule has 0 atom stereocenters. The van der Waals surface area contributed by atoms with Gasteiger partial charge in [0.1, 0.15) is 17.4 Å². The molecular weight excluding hydrogens is 374 g/mol. The standard InChI is InChI=1S/C25H37N3O2/c1-4-5-8-20-17-21-9-6-12-26-24(21)23(18-20)30-22-10-15-28(16-11-22)14-7-13-27-25(29)19(2)3/h6,9,12,17-19,22H,4-5,7-8,10-11,13-16H2,1-3H3,(H,27,29). The van der Waals surface area contributed by atoms with Crippen molar-refractivity contribution in [3.8, 4) is 5.75 Å². The van der Waals surface area contributed by atoms with E-state index in [1.165, 1.54) is 23.8 Å². The molecule has 1 fully saturated rings. The molecule has 2 aromatic rings. The zero-order valence-corrected chi connectivity index (χ0v) is 18.8. The molecule has 1 aliphatic rings. The van der Waals surface area contributed by atoms with Gasteiger partial charge >= 0.3 is 0 Å². The third kappa shape index (κ3) is 6.43. The van der Waals surface area contributed by atoms with Crippen molar-refractivity contribution in [3.63, 3.8) is 0 Å². The topological polar surface area (TPSA) is 54.5 Å². The number of hydrogen-bond donors (Lipinski definition) is 1. The lowest BCUT2D eigenvalue weighted by atomic mass is 10.0. The normalized spacial score (nSPS) is 15.6. The van der Waals surface area contributed by atoms with E-state index < -0.39 is 0 Å². The highest BCUT2D eigenvalue weighted by Gasteiger charge is 2.21. The van der Waals surface area contributed by atoms with Gasteiger partial charge in [0.2, 0.25) is 5.91 Å². The van der Waals surface area contributed by atoms with Gasteiger partial charge in [-0.05, 0) is 62.4 Å². The van der Waals surface area contributed by atoms with E-state index in [9.17, 15) is 4.79 Å². The van der Waals surface area contributed by atoms with Crippen molar-refractivity contribution in [1.29, 1.82) is 0 Å². The molecule has 1 amide bonds. The molecule has 0 spiro atoms. The predicted molar refractivity (Wildman–Crippen MR) is 123 cm³/mol. The molecule has 1 N–H and O–H groups in total. The van der Waals surface area contributed by atoms with E-state index >= 15 is 0 Å². The van der Waals surface area contributed by atoms with E-state index in [0.717, 1.165) is 63.1 Å². The molecular formula is C25H37N3O2. The third-order valence-corrected chi connectivity index (χ3v) is 5.85. The molecule has 0 unspecified atom stereocenters. The maximum Gasteiger partial charge on any atom is 0.222 e. The largest absolute Gasteiger partial charge is 0.488 e. The minimum atomic E-state index is 0.0592. The number of unbranched alkanes of at least 4 members (excludes halogenated alkanes) is 1. The van der Waals surface area contributed by atoms with E-state index in [0.29, 0.717) is 0 Å². The number of ether oxygens (including phenoxy) is 1. The molecule has 5 heteroatoms. The van der Waals surface area contributed by atoms with Gasteiger partial charge < -0.3 is 15.0 Å². The quantitative estimate of drug-likeness (QED) is 0.581. The van der Waals surface area contributed by atoms with Gasteiger partial charge in [0, 0.05) is 37.1 Å². The van der Waals surface area contributed by atoms with Crippen molar-refractivity contribution < 1.29 is 9.53 Å². The van der Waals surface area contributed by atoms with Crippen LogP contribution < -0.4 is 10.1 Å². The molecule has 0 bridgehead atoms. The van der Waals surface area contributed by atoms with Crippen LogP contribution >= 0.6 is 0 Å². The Bertz CT molecular complexity index is 813. The second kappa shape index (κ2) is 11.3. The maximum absolute atomic E-state index is 11.6. The van der Waals surface area contributed by atoms with Crippen LogP contribution in [0.4, 0.5) is 0 Å². The lowest BCUT2D eigenvalue weighted by Crippen LogP contribution is -2.39. The zero-order chi connectivity index (χ0) is 21.3. The number of aryl methyl sites for hydroxylation is 1. The Morgan fingerprint density at radius 1 is 1.27 bits per heavy atom. The Morgan fingerprint density at radius 2 is 2.07 bits per heavy atom. The average molecular weight is 412 g/mol. The number of carbonyl (C=O) groups excluding carboxylic acids is 1. The van der Waals surface area contributed by atoms with Crippen LogP contribution in [0.25, 0.3) is 10.9 Å². The van der Waals surface area contributed by atoms with Gasteiger partial charge in [0.15, 0.2) is 0 Å². The number of fused-ring (bicyclic) bond motifs is 1. The van der Waals surface area contributed by atoms with Crippen LogP contribution in [0.2, 0.25) is 0 Å². The van der Waals surface area contributed by atoms with Gasteiger partial charge in [-0.2, -0.15) is 0 Å². The monoisotopic (exact) mass is 411 g/mol. The molecule has 164 valence electrons. The van der Waals surface area contributed by atoms with Gasteiger partial charge in [-0.3, -0.25) is 9.78 Å². The number of piperidine rings is 1. The highest BCUT2D eigenvalue weighted by molar-refractivity contribution is 5.85. The number of rotatable bonds is 10. The summed E-state index contributed by atoms with van der Waals surface area (Å²) in [6.45, 7) is 9.97. The molecule has 0 saturated carbocycles. The van der Waals surface area contributed by atoms with E-state index in [1.54, 1.807) is 0 Å². The number of aromatic nitrogens is 1. The minimum Gasteiger partial charge on any atom is -0.488 e. The first-order chi connectivity index (χ1) is 14.6. The minimum absolute atomic E-state index is 0.0592. The van der Waals surface area contributed by atoms with Gasteiger partial charge in [0.05, 0.1) is 0 Å². The van der Waals surface area contributed by atoms with Gasteiger partial charge in [0.25, 0.3) is 0 Å². The SMILES string of the molecule is CCCCc1cc(OC2CCN(CCCNC(=O)C(C)C)CC2)c2ncccc2c1. The molecule has 3 rings (SSSR count). The lowest BCUT2D eigenvalue weighted by Gasteiger charge is -2.32. The molecule has 1 aliphatic heterocycles. The predicted octanol–water partition coefficient (Wildman–Crippen LogP) is 4.58. The molecule has 1 aromatic heterocycles. The summed E-state index contributed by atoms with van der Waals surface area (Å²) in [5, 5.41) is 4.17. The first kappa shape index (κ1) is 22.5. The number of benzene rings is 1. The second-order valence-electron chi connectivity index (χ2n) is 8.73. The van der Waals surface area contributed by atoms with Crippen molar-refractivity contribution in [1.82, 2.24) is 15.2 Å². The Labute approximate surface area is 181 Å². The molecule has 0 aliphatic carbocycles. The summed E-state index contributed by atoms with van der Waals surface area (Å²) in [4.78, 5) is 18.7. The van der Waals surface area contributed by atoms with Crippen molar-refractivity contribution in [2.75, 3.05) is 26.2 Å². The number of nitrogens with zero attached hydrogens (tertiary/aromatic N) is 2. The van der Waals surface area contributed by atoms with Gasteiger partial charge in [-0.1, -0.05) is 33.3 Å². The van der Waals surface area contributed by atoms with Crippen LogP contribution in [-0.4, -0.2) is 48.1 Å². The van der Waals surface area contributed by atoms with Crippen molar-refractivity contribution >= 4 is 16.8 Å². The van der Waals surface area contributed by atoms with Crippen molar-refractivity contribution in [2.24, 2.45) is 5.92 Å². The summed E-state index contributed by atoms with van der Waals surface area (Å²) < 4.78 is 6.47. The molecule has 5 nitrogen and oxygen atoms in total. The summed E-state index contributed by atoms with van der Waals surface area (Å²) in [6.07, 6.45) is 8.64. The van der Waals surface area contributed by atoms with Crippen LogP contribution in [0.1, 0.15) is 58.4 Å². The first-order valence-corrected chi connectivity index (χ1v) is 11.6. The van der Waals surface area contributed by atoms with Crippen LogP contribution in [0.15, 0.2) is 30.5 Å². The number of pyridine rings is 1. The van der Waals surface area contributed by atoms with Crippen molar-refractivity contribution in [3.05, 3.63) is 36.0 Å². The lowest BCUT2D eigenvalue weighted by molar-refractivity contribution is -0.123. The number of nitrogens with one attached hydrogen (secondary N) is 1. The highest BCUT2D eigenvalue weighted by atomic mass is 16.5. The Balaban J connectivity index is 1.51. The van der Waals surface area contributed by atoms with Crippen LogP contribution in [0.3, 0.4) is 0 Å². The molecule has 0 radical (unpaired) electrons. The molecule has 30 heavy (non-hydrogen) atoms. The fraction of sp³-hybridized carbons (Fsp3) is 0.600. The molecule has 2 heterocycles. The maximum atomic E-state index is 11.6. The fourth-order valence-electron chi connectivity index (χ4n) is 3.98. The summed E-state index contributed by atoms with van der Waals surface area (Å²) in [5.74, 6) is 1.14. The first-order valence-electron chi connectivity index (χ1n) is 11.6. The highest BCUT2D eigenvalue weighted by Crippen LogP contribution is 2.29. The second-order valence-corrected chi connectivity index (χ2v) is 8.73. The number of likely N-dealkylation sites (tertiary alicyclic amines) is 1. The Hall–Kier alpha value is -2.14. The number of carbonyl (C=O) groups is 1. The molecule has 1 aromatic carbocycles. The van der Waals surface area contributed by atoms with Crippen LogP contribution in [0, 0.1) is 5.92 Å². The number of amides is 1. The van der Waals surface area contributed by atoms with Gasteiger partial charge in [-0.15, -0.1) is 0 Å². The summed E-state index contributed by atoms with van der Waals surface area (Å²) in [6, 6.07) is 8.59. The third-order valence-electron chi connectivity index (χ3n) is 5.85. The summed E-state index contributed by atoms with van der Waals surface area (Å²) >= 11 is 0. The van der Waals surface area contributed by atoms with Crippen LogP contribution in [0.5, 0.6) is 5.75 Å². The number of hydrogen-bond acceptors (Lipinski definition) is 4. The Morgan fingerprint density at radius 3 is 2.80 bits per heavy atom. The van der Waals surface area contributed by atoms with E-state index in [2.05, 4.69) is 40.3 Å².